The molecule has 0 bridgehead atoms. The average Bonchev–Trinajstić information content (AvgIpc) is 3.34. The smallest absolute Gasteiger partial charge is 0.368 e. The summed E-state index contributed by atoms with van der Waals surface area (Å²) in [6, 6.07) is 7.44. The number of tetrazole rings is 1. The highest BCUT2D eigenvalue weighted by molar-refractivity contribution is 5.97. The van der Waals surface area contributed by atoms with Gasteiger partial charge in [-0.05, 0) is 42.0 Å². The first-order chi connectivity index (χ1) is 13.5. The van der Waals surface area contributed by atoms with Crippen molar-refractivity contribution in [2.75, 3.05) is 0 Å². The van der Waals surface area contributed by atoms with Crippen LogP contribution in [0.25, 0.3) is 5.69 Å². The lowest BCUT2D eigenvalue weighted by atomic mass is 10.1. The van der Waals surface area contributed by atoms with Gasteiger partial charge in [-0.15, -0.1) is 5.10 Å². The van der Waals surface area contributed by atoms with Crippen molar-refractivity contribution in [3.63, 3.8) is 0 Å². The Kier molecular flexibility index (Phi) is 5.78. The standard InChI is InChI=1S/C18H22N8O2/c1-5-17(22-20-13(3)15-9-10-19-21-15)28-11-14-12(2)7-6-8-16(14)26-18(27)25(4)23-24-26/h6-10H,5,11H2,1-4H3,(H,19,21). The van der Waals surface area contributed by atoms with Crippen molar-refractivity contribution in [1.29, 1.82) is 0 Å². The van der Waals surface area contributed by atoms with Gasteiger partial charge < -0.3 is 4.74 Å². The van der Waals surface area contributed by atoms with Crippen molar-refractivity contribution in [1.82, 2.24) is 30.0 Å². The minimum Gasteiger partial charge on any atom is -0.475 e. The van der Waals surface area contributed by atoms with Crippen molar-refractivity contribution in [2.24, 2.45) is 17.3 Å². The third kappa shape index (κ3) is 4.05. The maximum Gasteiger partial charge on any atom is 0.368 e. The van der Waals surface area contributed by atoms with Crippen LogP contribution >= 0.6 is 0 Å². The Bertz CT molecular complexity index is 1060. The molecular weight excluding hydrogens is 360 g/mol. The third-order valence-electron chi connectivity index (χ3n) is 4.22. The molecule has 1 N–H and O–H groups in total. The van der Waals surface area contributed by atoms with E-state index in [9.17, 15) is 4.79 Å². The maximum absolute atomic E-state index is 12.2. The van der Waals surface area contributed by atoms with Crippen LogP contribution in [0, 0.1) is 6.92 Å². The van der Waals surface area contributed by atoms with Gasteiger partial charge in [0.15, 0.2) is 0 Å². The van der Waals surface area contributed by atoms with E-state index in [-0.39, 0.29) is 12.3 Å². The summed E-state index contributed by atoms with van der Waals surface area (Å²) in [6.45, 7) is 5.96. The molecule has 2 heterocycles. The molecule has 0 fully saturated rings. The summed E-state index contributed by atoms with van der Waals surface area (Å²) in [6.07, 6.45) is 2.23. The van der Waals surface area contributed by atoms with Gasteiger partial charge in [-0.25, -0.2) is 4.79 Å². The van der Waals surface area contributed by atoms with E-state index in [2.05, 4.69) is 30.8 Å². The SMILES string of the molecule is CCC(=NN=C(C)c1ccn[nH]1)OCc1c(C)cccc1-n1nnn(C)c1=O. The second-order valence-electron chi connectivity index (χ2n) is 6.16. The normalized spacial score (nSPS) is 12.4. The molecular formula is C18H22N8O2. The van der Waals surface area contributed by atoms with Gasteiger partial charge in [0.05, 0.1) is 17.1 Å². The number of aromatic amines is 1. The van der Waals surface area contributed by atoms with Crippen LogP contribution in [0.1, 0.15) is 37.1 Å². The van der Waals surface area contributed by atoms with E-state index in [1.54, 1.807) is 13.2 Å². The van der Waals surface area contributed by atoms with Gasteiger partial charge >= 0.3 is 5.69 Å². The predicted octanol–water partition coefficient (Wildman–Crippen LogP) is 1.75. The summed E-state index contributed by atoms with van der Waals surface area (Å²) >= 11 is 0. The summed E-state index contributed by atoms with van der Waals surface area (Å²) in [7, 11) is 1.56. The highest BCUT2D eigenvalue weighted by atomic mass is 16.5. The van der Waals surface area contributed by atoms with E-state index < -0.39 is 0 Å². The maximum atomic E-state index is 12.2. The average molecular weight is 382 g/mol. The largest absolute Gasteiger partial charge is 0.475 e. The number of aromatic nitrogens is 6. The van der Waals surface area contributed by atoms with Gasteiger partial charge in [0, 0.05) is 25.2 Å². The van der Waals surface area contributed by atoms with Crippen molar-refractivity contribution in [2.45, 2.75) is 33.8 Å². The topological polar surface area (TPSA) is 115 Å². The number of aryl methyl sites for hydroxylation is 2. The Morgan fingerprint density at radius 2 is 2.07 bits per heavy atom. The summed E-state index contributed by atoms with van der Waals surface area (Å²) in [5, 5.41) is 22.8. The molecule has 0 saturated carbocycles. The lowest BCUT2D eigenvalue weighted by Gasteiger charge is -2.13. The van der Waals surface area contributed by atoms with Crippen molar-refractivity contribution >= 4 is 11.6 Å². The number of rotatable bonds is 6. The lowest BCUT2D eigenvalue weighted by molar-refractivity contribution is 0.282. The molecule has 2 aromatic heterocycles. The van der Waals surface area contributed by atoms with Gasteiger partial charge in [-0.2, -0.15) is 19.6 Å². The molecule has 3 aromatic rings. The molecule has 0 aliphatic carbocycles. The summed E-state index contributed by atoms with van der Waals surface area (Å²) in [5.41, 5.74) is 3.61. The van der Waals surface area contributed by atoms with Crippen LogP contribution < -0.4 is 5.69 Å². The summed E-state index contributed by atoms with van der Waals surface area (Å²) in [5.74, 6) is 0.486. The van der Waals surface area contributed by atoms with Gasteiger partial charge in [-0.3, -0.25) is 5.10 Å². The fourth-order valence-electron chi connectivity index (χ4n) is 2.54. The van der Waals surface area contributed by atoms with Gasteiger partial charge in [0.2, 0.25) is 5.90 Å². The molecule has 0 radical (unpaired) electrons. The number of ether oxygens (including phenoxy) is 1. The van der Waals surface area contributed by atoms with Crippen molar-refractivity contribution < 1.29 is 4.74 Å². The van der Waals surface area contributed by atoms with Crippen LogP contribution in [0.2, 0.25) is 0 Å². The van der Waals surface area contributed by atoms with E-state index in [0.717, 1.165) is 16.8 Å². The molecule has 0 saturated heterocycles. The Morgan fingerprint density at radius 1 is 1.25 bits per heavy atom. The fraction of sp³-hybridized carbons (Fsp3) is 0.333. The minimum absolute atomic E-state index is 0.232. The molecule has 0 amide bonds. The lowest BCUT2D eigenvalue weighted by Crippen LogP contribution is -2.23. The molecule has 0 atom stereocenters. The first-order valence-electron chi connectivity index (χ1n) is 8.82. The second kappa shape index (κ2) is 8.42. The van der Waals surface area contributed by atoms with E-state index >= 15 is 0 Å². The Morgan fingerprint density at radius 3 is 2.71 bits per heavy atom. The Hall–Kier alpha value is -3.56. The molecule has 10 heteroatoms. The van der Waals surface area contributed by atoms with Crippen LogP contribution in [0.15, 0.2) is 45.5 Å². The van der Waals surface area contributed by atoms with Gasteiger partial charge in [0.1, 0.15) is 6.61 Å². The first kappa shape index (κ1) is 19.2. The van der Waals surface area contributed by atoms with E-state index in [1.807, 2.05) is 45.0 Å². The third-order valence-corrected chi connectivity index (χ3v) is 4.22. The number of nitrogens with one attached hydrogen (secondary N) is 1. The first-order valence-corrected chi connectivity index (χ1v) is 8.82. The fourth-order valence-corrected chi connectivity index (χ4v) is 2.54. The Balaban J connectivity index is 1.83. The number of H-pyrrole nitrogens is 1. The zero-order valence-corrected chi connectivity index (χ0v) is 16.2. The molecule has 0 spiro atoms. The summed E-state index contributed by atoms with van der Waals surface area (Å²) in [4.78, 5) is 12.2. The molecule has 0 aliphatic heterocycles. The molecule has 3 rings (SSSR count). The zero-order chi connectivity index (χ0) is 20.1. The molecule has 0 aliphatic rings. The second-order valence-corrected chi connectivity index (χ2v) is 6.16. The van der Waals surface area contributed by atoms with Crippen molar-refractivity contribution in [3.05, 3.63) is 57.8 Å². The molecule has 28 heavy (non-hydrogen) atoms. The monoisotopic (exact) mass is 382 g/mol. The zero-order valence-electron chi connectivity index (χ0n) is 16.2. The molecule has 10 nitrogen and oxygen atoms in total. The van der Waals surface area contributed by atoms with Gasteiger partial charge in [0.25, 0.3) is 0 Å². The molecule has 146 valence electrons. The number of hydrogen-bond acceptors (Lipinski definition) is 7. The number of nitrogens with zero attached hydrogens (tertiary/aromatic N) is 7. The minimum atomic E-state index is -0.323. The molecule has 0 unspecified atom stereocenters. The number of benzene rings is 1. The Labute approximate surface area is 161 Å². The highest BCUT2D eigenvalue weighted by Crippen LogP contribution is 2.18. The van der Waals surface area contributed by atoms with Gasteiger partial charge in [-0.1, -0.05) is 19.1 Å². The van der Waals surface area contributed by atoms with Crippen LogP contribution in [0.4, 0.5) is 0 Å². The van der Waals surface area contributed by atoms with E-state index in [4.69, 9.17) is 4.74 Å². The molecule has 1 aromatic carbocycles. The predicted molar refractivity (Wildman–Crippen MR) is 105 cm³/mol. The van der Waals surface area contributed by atoms with Crippen LogP contribution in [-0.4, -0.2) is 41.6 Å². The van der Waals surface area contributed by atoms with Crippen LogP contribution in [0.3, 0.4) is 0 Å². The quantitative estimate of drug-likeness (QED) is 0.396. The van der Waals surface area contributed by atoms with Crippen molar-refractivity contribution in [3.8, 4) is 5.69 Å². The van der Waals surface area contributed by atoms with Crippen LogP contribution in [0.5, 0.6) is 0 Å². The highest BCUT2D eigenvalue weighted by Gasteiger charge is 2.14. The van der Waals surface area contributed by atoms with Crippen LogP contribution in [-0.2, 0) is 18.4 Å². The van der Waals surface area contributed by atoms with E-state index in [1.165, 1.54) is 9.36 Å². The number of hydrogen-bond donors (Lipinski definition) is 1. The summed E-state index contributed by atoms with van der Waals surface area (Å²) < 4.78 is 8.32. The van der Waals surface area contributed by atoms with E-state index in [0.29, 0.717) is 23.7 Å².